The van der Waals surface area contributed by atoms with E-state index in [9.17, 15) is 9.90 Å². The maximum Gasteiger partial charge on any atom is 0.315 e. The Bertz CT molecular complexity index is 720. The summed E-state index contributed by atoms with van der Waals surface area (Å²) >= 11 is 1.66. The number of carbonyl (C=O) groups excluding carboxylic acids is 1. The van der Waals surface area contributed by atoms with Crippen LogP contribution in [0.5, 0.6) is 0 Å². The number of hydrogen-bond donors (Lipinski definition) is 3. The van der Waals surface area contributed by atoms with Crippen LogP contribution in [0.15, 0.2) is 17.8 Å². The van der Waals surface area contributed by atoms with Gasteiger partial charge in [-0.1, -0.05) is 0 Å². The molecule has 2 heterocycles. The van der Waals surface area contributed by atoms with Gasteiger partial charge in [-0.3, -0.25) is 4.68 Å². The van der Waals surface area contributed by atoms with Crippen molar-refractivity contribution < 1.29 is 9.90 Å². The van der Waals surface area contributed by atoms with Crippen molar-refractivity contribution in [3.05, 3.63) is 34.0 Å². The SMILES string of the molecule is C[C@@H](NC(=O)NC[C@](C)(O)c1cnn(C)c1)c1csc(C2CC2)n1. The Labute approximate surface area is 145 Å². The summed E-state index contributed by atoms with van der Waals surface area (Å²) in [4.78, 5) is 16.7. The van der Waals surface area contributed by atoms with Crippen LogP contribution < -0.4 is 10.6 Å². The topological polar surface area (TPSA) is 92.1 Å². The van der Waals surface area contributed by atoms with Gasteiger partial charge in [-0.15, -0.1) is 11.3 Å². The van der Waals surface area contributed by atoms with Crippen molar-refractivity contribution in [2.45, 2.75) is 44.2 Å². The first-order chi connectivity index (χ1) is 11.3. The van der Waals surface area contributed by atoms with E-state index < -0.39 is 5.60 Å². The highest BCUT2D eigenvalue weighted by Gasteiger charge is 2.28. The Morgan fingerprint density at radius 2 is 2.33 bits per heavy atom. The molecule has 1 aliphatic carbocycles. The molecule has 3 N–H and O–H groups in total. The van der Waals surface area contributed by atoms with Crippen molar-refractivity contribution in [2.75, 3.05) is 6.54 Å². The Morgan fingerprint density at radius 3 is 2.96 bits per heavy atom. The van der Waals surface area contributed by atoms with Crippen LogP contribution in [0.2, 0.25) is 0 Å². The molecule has 0 spiro atoms. The Hall–Kier alpha value is -1.93. The van der Waals surface area contributed by atoms with Crippen molar-refractivity contribution in [3.8, 4) is 0 Å². The largest absolute Gasteiger partial charge is 0.383 e. The third-order valence-electron chi connectivity index (χ3n) is 4.18. The van der Waals surface area contributed by atoms with Gasteiger partial charge in [-0.05, 0) is 26.7 Å². The monoisotopic (exact) mass is 349 g/mol. The third kappa shape index (κ3) is 3.93. The molecular weight excluding hydrogens is 326 g/mol. The minimum absolute atomic E-state index is 0.0988. The van der Waals surface area contributed by atoms with E-state index in [-0.39, 0.29) is 18.6 Å². The summed E-state index contributed by atoms with van der Waals surface area (Å²) in [6.45, 7) is 3.66. The van der Waals surface area contributed by atoms with Crippen molar-refractivity contribution in [2.24, 2.45) is 7.05 Å². The maximum absolute atomic E-state index is 12.1. The van der Waals surface area contributed by atoms with Crippen molar-refractivity contribution in [1.29, 1.82) is 0 Å². The van der Waals surface area contributed by atoms with Crippen LogP contribution in [-0.4, -0.2) is 32.4 Å². The second-order valence-corrected chi connectivity index (χ2v) is 7.50. The second kappa shape index (κ2) is 6.52. The first-order valence-electron chi connectivity index (χ1n) is 8.06. The molecule has 0 aromatic carbocycles. The van der Waals surface area contributed by atoms with Crippen molar-refractivity contribution >= 4 is 17.4 Å². The smallest absolute Gasteiger partial charge is 0.315 e. The number of amides is 2. The fraction of sp³-hybridized carbons (Fsp3) is 0.562. The molecule has 0 radical (unpaired) electrons. The molecule has 1 aliphatic rings. The minimum Gasteiger partial charge on any atom is -0.383 e. The Balaban J connectivity index is 1.51. The molecule has 2 aromatic heterocycles. The van der Waals surface area contributed by atoms with E-state index in [0.717, 1.165) is 5.69 Å². The van der Waals surface area contributed by atoms with Gasteiger partial charge in [0.1, 0.15) is 5.60 Å². The number of thiazole rings is 1. The van der Waals surface area contributed by atoms with Gasteiger partial charge >= 0.3 is 6.03 Å². The highest BCUT2D eigenvalue weighted by atomic mass is 32.1. The van der Waals surface area contributed by atoms with Crippen molar-refractivity contribution in [1.82, 2.24) is 25.4 Å². The number of rotatable bonds is 6. The van der Waals surface area contributed by atoms with Crippen molar-refractivity contribution in [3.63, 3.8) is 0 Å². The predicted molar refractivity (Wildman–Crippen MR) is 91.8 cm³/mol. The van der Waals surface area contributed by atoms with Crippen LogP contribution in [0.3, 0.4) is 0 Å². The predicted octanol–water partition coefficient (Wildman–Crippen LogP) is 2.02. The molecule has 24 heavy (non-hydrogen) atoms. The number of hydrogen-bond acceptors (Lipinski definition) is 5. The van der Waals surface area contributed by atoms with Crippen LogP contribution in [0, 0.1) is 0 Å². The fourth-order valence-corrected chi connectivity index (χ4v) is 3.48. The number of aliphatic hydroxyl groups is 1. The molecule has 0 unspecified atom stereocenters. The molecule has 3 rings (SSSR count). The quantitative estimate of drug-likeness (QED) is 0.744. The fourth-order valence-electron chi connectivity index (χ4n) is 2.39. The average molecular weight is 349 g/mol. The van der Waals surface area contributed by atoms with Gasteiger partial charge in [-0.25, -0.2) is 9.78 Å². The van der Waals surface area contributed by atoms with Crippen LogP contribution in [0.25, 0.3) is 0 Å². The zero-order chi connectivity index (χ0) is 17.3. The molecule has 130 valence electrons. The number of nitrogens with one attached hydrogen (secondary N) is 2. The minimum atomic E-state index is -1.17. The maximum atomic E-state index is 12.1. The van der Waals surface area contributed by atoms with Crippen LogP contribution in [0.4, 0.5) is 4.79 Å². The Morgan fingerprint density at radius 1 is 1.58 bits per heavy atom. The summed E-state index contributed by atoms with van der Waals surface area (Å²) < 4.78 is 1.62. The number of urea groups is 1. The van der Waals surface area contributed by atoms with Gasteiger partial charge in [0.15, 0.2) is 0 Å². The summed E-state index contributed by atoms with van der Waals surface area (Å²) in [5.74, 6) is 0.624. The van der Waals surface area contributed by atoms with E-state index in [1.54, 1.807) is 42.4 Å². The standard InChI is InChI=1S/C16H23N5O2S/c1-10(13-8-24-14(20-13)11-4-5-11)19-15(22)17-9-16(2,23)12-6-18-21(3)7-12/h6-8,10-11,23H,4-5,9H2,1-3H3,(H2,17,19,22)/t10-,16+/m1/s1. The molecule has 7 nitrogen and oxygen atoms in total. The summed E-state index contributed by atoms with van der Waals surface area (Å²) in [5, 5.41) is 23.2. The normalized spacial score (nSPS) is 18.0. The lowest BCUT2D eigenvalue weighted by Gasteiger charge is -2.23. The Kier molecular flexibility index (Phi) is 4.60. The summed E-state index contributed by atoms with van der Waals surface area (Å²) in [6.07, 6.45) is 5.77. The number of carbonyl (C=O) groups is 1. The van der Waals surface area contributed by atoms with E-state index in [2.05, 4.69) is 20.7 Å². The molecule has 2 atom stereocenters. The van der Waals surface area contributed by atoms with Crippen LogP contribution >= 0.6 is 11.3 Å². The number of aromatic nitrogens is 3. The van der Waals surface area contributed by atoms with E-state index in [1.165, 1.54) is 17.8 Å². The molecule has 0 saturated heterocycles. The molecule has 2 amide bonds. The molecule has 2 aromatic rings. The first-order valence-corrected chi connectivity index (χ1v) is 8.94. The van der Waals surface area contributed by atoms with Gasteiger partial charge in [0.05, 0.1) is 29.5 Å². The highest BCUT2D eigenvalue weighted by molar-refractivity contribution is 7.09. The third-order valence-corrected chi connectivity index (χ3v) is 5.20. The van der Waals surface area contributed by atoms with E-state index in [4.69, 9.17) is 0 Å². The number of aryl methyl sites for hydroxylation is 1. The summed E-state index contributed by atoms with van der Waals surface area (Å²) in [6, 6.07) is -0.496. The van der Waals surface area contributed by atoms with E-state index >= 15 is 0 Å². The van der Waals surface area contributed by atoms with Gasteiger partial charge in [-0.2, -0.15) is 5.10 Å². The molecule has 0 bridgehead atoms. The summed E-state index contributed by atoms with van der Waals surface area (Å²) in [5.41, 5.74) is 0.372. The average Bonchev–Trinajstić information content (AvgIpc) is 3.08. The molecular formula is C16H23N5O2S. The summed E-state index contributed by atoms with van der Waals surface area (Å²) in [7, 11) is 1.78. The molecule has 8 heteroatoms. The zero-order valence-corrected chi connectivity index (χ0v) is 14.9. The second-order valence-electron chi connectivity index (χ2n) is 6.61. The van der Waals surface area contributed by atoms with Gasteiger partial charge in [0.25, 0.3) is 0 Å². The zero-order valence-electron chi connectivity index (χ0n) is 14.1. The van der Waals surface area contributed by atoms with Gasteiger partial charge in [0.2, 0.25) is 0 Å². The van der Waals surface area contributed by atoms with Gasteiger partial charge in [0, 0.05) is 30.1 Å². The van der Waals surface area contributed by atoms with E-state index in [0.29, 0.717) is 11.5 Å². The molecule has 1 fully saturated rings. The van der Waals surface area contributed by atoms with E-state index in [1.807, 2.05) is 12.3 Å². The number of nitrogens with zero attached hydrogens (tertiary/aromatic N) is 3. The molecule has 0 aliphatic heterocycles. The highest BCUT2D eigenvalue weighted by Crippen LogP contribution is 2.41. The lowest BCUT2D eigenvalue weighted by atomic mass is 10.00. The lowest BCUT2D eigenvalue weighted by molar-refractivity contribution is 0.0592. The first kappa shape index (κ1) is 16.9. The molecule has 1 saturated carbocycles. The lowest BCUT2D eigenvalue weighted by Crippen LogP contribution is -2.44. The van der Waals surface area contributed by atoms with Gasteiger partial charge < -0.3 is 15.7 Å². The van der Waals surface area contributed by atoms with Crippen LogP contribution in [0.1, 0.15) is 54.9 Å². The van der Waals surface area contributed by atoms with Crippen LogP contribution in [-0.2, 0) is 12.6 Å².